The fourth-order valence-corrected chi connectivity index (χ4v) is 0.851. The predicted molar refractivity (Wildman–Crippen MR) is 41.9 cm³/mol. The van der Waals surface area contributed by atoms with Crippen molar-refractivity contribution in [3.05, 3.63) is 35.2 Å². The molecule has 1 heterocycles. The first-order valence-electron chi connectivity index (χ1n) is 2.94. The zero-order chi connectivity index (χ0) is 8.27. The maximum Gasteiger partial charge on any atom is 0.353 e. The van der Waals surface area contributed by atoms with E-state index in [1.807, 2.05) is 0 Å². The Morgan fingerprint density at radius 3 is 2.91 bits per heavy atom. The van der Waals surface area contributed by atoms with Crippen LogP contribution in [0.25, 0.3) is 0 Å². The average Bonchev–Trinajstić information content (AvgIpc) is 2.13. The Kier molecular flexibility index (Phi) is 2.33. The third-order valence-corrected chi connectivity index (χ3v) is 1.45. The predicted octanol–water partition coefficient (Wildman–Crippen LogP) is 1.19. The van der Waals surface area contributed by atoms with E-state index in [4.69, 9.17) is 16.7 Å². The van der Waals surface area contributed by atoms with E-state index in [-0.39, 0.29) is 10.7 Å². The van der Waals surface area contributed by atoms with Crippen LogP contribution in [0, 0.1) is 0 Å². The van der Waals surface area contributed by atoms with Crippen LogP contribution in [0.15, 0.2) is 35.2 Å². The number of carboxylic acid groups (broad SMARTS) is 1. The molecule has 0 amide bonds. The molecule has 0 aliphatic carbocycles. The average molecular weight is 172 g/mol. The number of hydrogen-bond acceptors (Lipinski definition) is 2. The number of carbonyl (C=O) groups is 1. The van der Waals surface area contributed by atoms with Crippen molar-refractivity contribution in [3.8, 4) is 0 Å². The lowest BCUT2D eigenvalue weighted by atomic mass is 10.4. The molecule has 0 atom stereocenters. The van der Waals surface area contributed by atoms with Crippen LogP contribution < -0.4 is 5.32 Å². The van der Waals surface area contributed by atoms with Crippen LogP contribution in [0.4, 0.5) is 0 Å². The SMILES string of the molecule is O=C(O)C1=C(Cl)C=CC=CN1. The van der Waals surface area contributed by atoms with Crippen LogP contribution >= 0.6 is 11.6 Å². The van der Waals surface area contributed by atoms with E-state index in [0.29, 0.717) is 0 Å². The molecule has 0 aromatic heterocycles. The van der Waals surface area contributed by atoms with Crippen LogP contribution in [0.2, 0.25) is 0 Å². The quantitative estimate of drug-likeness (QED) is 0.623. The van der Waals surface area contributed by atoms with Gasteiger partial charge in [0.1, 0.15) is 5.70 Å². The van der Waals surface area contributed by atoms with Crippen LogP contribution in [0.1, 0.15) is 0 Å². The van der Waals surface area contributed by atoms with Gasteiger partial charge < -0.3 is 10.4 Å². The minimum atomic E-state index is -1.06. The van der Waals surface area contributed by atoms with Gasteiger partial charge in [0.25, 0.3) is 0 Å². The van der Waals surface area contributed by atoms with Crippen molar-refractivity contribution >= 4 is 17.6 Å². The maximum absolute atomic E-state index is 10.4. The highest BCUT2D eigenvalue weighted by atomic mass is 35.5. The lowest BCUT2D eigenvalue weighted by molar-refractivity contribution is -0.133. The zero-order valence-corrected chi connectivity index (χ0v) is 6.30. The third-order valence-electron chi connectivity index (χ3n) is 1.13. The first-order valence-corrected chi connectivity index (χ1v) is 3.32. The molecule has 3 nitrogen and oxygen atoms in total. The van der Waals surface area contributed by atoms with Crippen LogP contribution in [-0.4, -0.2) is 11.1 Å². The summed E-state index contributed by atoms with van der Waals surface area (Å²) in [5, 5.41) is 11.3. The maximum atomic E-state index is 10.4. The minimum Gasteiger partial charge on any atom is -0.477 e. The number of aliphatic carboxylic acids is 1. The Labute approximate surface area is 68.7 Å². The van der Waals surface area contributed by atoms with Crippen molar-refractivity contribution in [2.45, 2.75) is 0 Å². The van der Waals surface area contributed by atoms with Crippen molar-refractivity contribution in [1.82, 2.24) is 5.32 Å². The van der Waals surface area contributed by atoms with Crippen molar-refractivity contribution in [2.75, 3.05) is 0 Å². The smallest absolute Gasteiger partial charge is 0.353 e. The molecule has 4 heteroatoms. The molecule has 1 aliphatic heterocycles. The molecule has 0 unspecified atom stereocenters. The van der Waals surface area contributed by atoms with Crippen molar-refractivity contribution in [1.29, 1.82) is 0 Å². The summed E-state index contributed by atoms with van der Waals surface area (Å²) < 4.78 is 0. The lowest BCUT2D eigenvalue weighted by Gasteiger charge is -1.99. The van der Waals surface area contributed by atoms with E-state index >= 15 is 0 Å². The Balaban J connectivity index is 2.98. The summed E-state index contributed by atoms with van der Waals surface area (Å²) in [6.45, 7) is 0. The van der Waals surface area contributed by atoms with Crippen molar-refractivity contribution < 1.29 is 9.90 Å². The number of nitrogens with one attached hydrogen (secondary N) is 1. The summed E-state index contributed by atoms with van der Waals surface area (Å²) in [4.78, 5) is 10.4. The van der Waals surface area contributed by atoms with Gasteiger partial charge in [-0.05, 0) is 12.2 Å². The number of halogens is 1. The van der Waals surface area contributed by atoms with E-state index < -0.39 is 5.97 Å². The Morgan fingerprint density at radius 1 is 1.55 bits per heavy atom. The highest BCUT2D eigenvalue weighted by Gasteiger charge is 2.09. The van der Waals surface area contributed by atoms with Gasteiger partial charge in [0.15, 0.2) is 0 Å². The second kappa shape index (κ2) is 3.25. The Bertz CT molecular complexity index is 266. The second-order valence-electron chi connectivity index (χ2n) is 1.89. The summed E-state index contributed by atoms with van der Waals surface area (Å²) in [5.41, 5.74) is -0.00309. The van der Waals surface area contributed by atoms with Gasteiger partial charge in [-0.1, -0.05) is 17.7 Å². The van der Waals surface area contributed by atoms with Gasteiger partial charge in [0, 0.05) is 6.20 Å². The summed E-state index contributed by atoms with van der Waals surface area (Å²) >= 11 is 5.59. The minimum absolute atomic E-state index is 0.00309. The third kappa shape index (κ3) is 1.85. The number of allylic oxidation sites excluding steroid dienone is 4. The van der Waals surface area contributed by atoms with Gasteiger partial charge in [-0.15, -0.1) is 0 Å². The standard InChI is InChI=1S/C7H6ClNO2/c8-5-3-1-2-4-9-6(5)7(10)11/h1-4,9H,(H,10,11). The van der Waals surface area contributed by atoms with Crippen molar-refractivity contribution in [3.63, 3.8) is 0 Å². The molecule has 0 radical (unpaired) electrons. The molecule has 0 fully saturated rings. The molecule has 0 aromatic carbocycles. The van der Waals surface area contributed by atoms with Crippen LogP contribution in [-0.2, 0) is 4.79 Å². The fourth-order valence-electron chi connectivity index (χ4n) is 0.643. The van der Waals surface area contributed by atoms with Gasteiger partial charge in [-0.2, -0.15) is 0 Å². The molecule has 0 saturated carbocycles. The molecule has 11 heavy (non-hydrogen) atoms. The number of hydrogen-bond donors (Lipinski definition) is 2. The summed E-state index contributed by atoms with van der Waals surface area (Å²) in [5.74, 6) is -1.06. The fraction of sp³-hybridized carbons (Fsp3) is 0. The largest absolute Gasteiger partial charge is 0.477 e. The van der Waals surface area contributed by atoms with Crippen molar-refractivity contribution in [2.24, 2.45) is 0 Å². The molecular weight excluding hydrogens is 166 g/mol. The highest BCUT2D eigenvalue weighted by molar-refractivity contribution is 6.33. The first-order chi connectivity index (χ1) is 5.22. The Hall–Kier alpha value is -1.22. The monoisotopic (exact) mass is 171 g/mol. The second-order valence-corrected chi connectivity index (χ2v) is 2.30. The lowest BCUT2D eigenvalue weighted by Crippen LogP contribution is -2.15. The van der Waals surface area contributed by atoms with E-state index in [1.54, 1.807) is 12.2 Å². The van der Waals surface area contributed by atoms with E-state index in [1.165, 1.54) is 12.3 Å². The molecule has 58 valence electrons. The van der Waals surface area contributed by atoms with Gasteiger partial charge in [0.05, 0.1) is 5.03 Å². The normalized spacial score (nSPS) is 16.1. The summed E-state index contributed by atoms with van der Waals surface area (Å²) in [6.07, 6.45) is 6.35. The molecule has 2 N–H and O–H groups in total. The number of carboxylic acids is 1. The molecular formula is C7H6ClNO2. The van der Waals surface area contributed by atoms with Gasteiger partial charge in [-0.3, -0.25) is 0 Å². The van der Waals surface area contributed by atoms with Crippen LogP contribution in [0.3, 0.4) is 0 Å². The molecule has 0 aromatic rings. The molecule has 0 saturated heterocycles. The summed E-state index contributed by atoms with van der Waals surface area (Å²) in [7, 11) is 0. The topological polar surface area (TPSA) is 49.3 Å². The Morgan fingerprint density at radius 2 is 2.27 bits per heavy atom. The molecule has 0 bridgehead atoms. The molecule has 1 rings (SSSR count). The zero-order valence-electron chi connectivity index (χ0n) is 5.54. The van der Waals surface area contributed by atoms with Gasteiger partial charge in [-0.25, -0.2) is 4.79 Å². The van der Waals surface area contributed by atoms with E-state index in [2.05, 4.69) is 5.32 Å². The molecule has 0 spiro atoms. The van der Waals surface area contributed by atoms with Gasteiger partial charge >= 0.3 is 5.97 Å². The van der Waals surface area contributed by atoms with Crippen LogP contribution in [0.5, 0.6) is 0 Å². The first kappa shape index (κ1) is 7.88. The van der Waals surface area contributed by atoms with E-state index in [9.17, 15) is 4.79 Å². The number of rotatable bonds is 1. The summed E-state index contributed by atoms with van der Waals surface area (Å²) in [6, 6.07) is 0. The van der Waals surface area contributed by atoms with Gasteiger partial charge in [0.2, 0.25) is 0 Å². The molecule has 1 aliphatic rings. The highest BCUT2D eigenvalue weighted by Crippen LogP contribution is 2.11. The van der Waals surface area contributed by atoms with E-state index in [0.717, 1.165) is 0 Å².